The maximum atomic E-state index is 13.4. The SMILES string of the molecule is CCCCCCCCCCCCP(=O)(OCCCCCCCC(C)C)OCCCCCCCC(C)C. The van der Waals surface area contributed by atoms with Gasteiger partial charge in [0.25, 0.3) is 0 Å². The Bertz CT molecular complexity index is 450. The summed E-state index contributed by atoms with van der Waals surface area (Å²) >= 11 is 0. The van der Waals surface area contributed by atoms with Crippen molar-refractivity contribution in [2.75, 3.05) is 19.4 Å². The average molecular weight is 531 g/mol. The third kappa shape index (κ3) is 27.2. The van der Waals surface area contributed by atoms with Gasteiger partial charge in [0.05, 0.1) is 19.4 Å². The van der Waals surface area contributed by atoms with Crippen LogP contribution in [0.25, 0.3) is 0 Å². The van der Waals surface area contributed by atoms with Crippen molar-refractivity contribution in [3.05, 3.63) is 0 Å². The lowest BCUT2D eigenvalue weighted by molar-refractivity contribution is 0.197. The molecular weight excluding hydrogens is 463 g/mol. The molecule has 0 aromatic carbocycles. The van der Waals surface area contributed by atoms with Crippen LogP contribution in [0.5, 0.6) is 0 Å². The highest BCUT2D eigenvalue weighted by molar-refractivity contribution is 7.53. The van der Waals surface area contributed by atoms with E-state index in [-0.39, 0.29) is 0 Å². The normalized spacial score (nSPS) is 12.3. The van der Waals surface area contributed by atoms with Crippen LogP contribution in [0.15, 0.2) is 0 Å². The van der Waals surface area contributed by atoms with E-state index in [0.717, 1.165) is 37.5 Å². The zero-order valence-corrected chi connectivity index (χ0v) is 26.4. The maximum absolute atomic E-state index is 13.4. The minimum absolute atomic E-state index is 0.592. The molecule has 0 aliphatic carbocycles. The number of hydrogen-bond donors (Lipinski definition) is 0. The van der Waals surface area contributed by atoms with Crippen molar-refractivity contribution in [3.63, 3.8) is 0 Å². The molecular formula is C32H67O3P. The first-order chi connectivity index (χ1) is 17.4. The fourth-order valence-corrected chi connectivity index (χ4v) is 6.49. The summed E-state index contributed by atoms with van der Waals surface area (Å²) in [6.07, 6.45) is 28.3. The molecule has 218 valence electrons. The fraction of sp³-hybridized carbons (Fsp3) is 1.00. The Balaban J connectivity index is 4.10. The second-order valence-electron chi connectivity index (χ2n) is 12.1. The van der Waals surface area contributed by atoms with Gasteiger partial charge in [-0.15, -0.1) is 0 Å². The summed E-state index contributed by atoms with van der Waals surface area (Å²) in [5, 5.41) is 0. The molecule has 0 saturated heterocycles. The molecule has 0 spiro atoms. The lowest BCUT2D eigenvalue weighted by atomic mass is 10.0. The van der Waals surface area contributed by atoms with E-state index in [1.807, 2.05) is 0 Å². The smallest absolute Gasteiger partial charge is 0.309 e. The Morgan fingerprint density at radius 1 is 0.472 bits per heavy atom. The summed E-state index contributed by atoms with van der Waals surface area (Å²) < 4.78 is 25.3. The highest BCUT2D eigenvalue weighted by Crippen LogP contribution is 2.49. The molecule has 0 bridgehead atoms. The van der Waals surface area contributed by atoms with Crippen molar-refractivity contribution in [1.82, 2.24) is 0 Å². The molecule has 0 radical (unpaired) electrons. The minimum Gasteiger partial charge on any atom is -0.309 e. The van der Waals surface area contributed by atoms with Gasteiger partial charge in [0.15, 0.2) is 0 Å². The van der Waals surface area contributed by atoms with Crippen molar-refractivity contribution in [3.8, 4) is 0 Å². The monoisotopic (exact) mass is 530 g/mol. The van der Waals surface area contributed by atoms with E-state index in [4.69, 9.17) is 9.05 Å². The Morgan fingerprint density at radius 2 is 0.806 bits per heavy atom. The average Bonchev–Trinajstić information content (AvgIpc) is 2.83. The molecule has 0 amide bonds. The second-order valence-corrected chi connectivity index (χ2v) is 14.3. The third-order valence-corrected chi connectivity index (χ3v) is 9.23. The Labute approximate surface area is 228 Å². The highest BCUT2D eigenvalue weighted by atomic mass is 31.2. The van der Waals surface area contributed by atoms with Crippen LogP contribution in [-0.2, 0) is 13.6 Å². The summed E-state index contributed by atoms with van der Waals surface area (Å²) in [6.45, 7) is 12.7. The first-order valence-electron chi connectivity index (χ1n) is 16.3. The molecule has 3 nitrogen and oxygen atoms in total. The summed E-state index contributed by atoms with van der Waals surface area (Å²) in [4.78, 5) is 0. The molecule has 0 aromatic heterocycles. The van der Waals surface area contributed by atoms with E-state index >= 15 is 0 Å². The Hall–Kier alpha value is 0.150. The van der Waals surface area contributed by atoms with Gasteiger partial charge in [-0.2, -0.15) is 0 Å². The molecule has 0 N–H and O–H groups in total. The van der Waals surface area contributed by atoms with Crippen LogP contribution >= 0.6 is 7.60 Å². The summed E-state index contributed by atoms with van der Waals surface area (Å²) in [5.41, 5.74) is 0. The zero-order valence-electron chi connectivity index (χ0n) is 25.5. The standard InChI is InChI=1S/C32H67O3P/c1-6-7-8-9-10-11-12-13-20-25-30-36(33,34-28-23-18-14-16-21-26-31(2)3)35-29-24-19-15-17-22-27-32(4)5/h31-32H,6-30H2,1-5H3. The number of rotatable bonds is 29. The molecule has 0 saturated carbocycles. The van der Waals surface area contributed by atoms with Crippen molar-refractivity contribution >= 4 is 7.60 Å². The van der Waals surface area contributed by atoms with Gasteiger partial charge in [-0.1, -0.05) is 157 Å². The molecule has 0 rings (SSSR count). The summed E-state index contributed by atoms with van der Waals surface area (Å²) in [7, 11) is -2.94. The van der Waals surface area contributed by atoms with Crippen molar-refractivity contribution in [2.24, 2.45) is 11.8 Å². The van der Waals surface area contributed by atoms with Crippen LogP contribution in [0.2, 0.25) is 0 Å². The molecule has 0 aromatic rings. The molecule has 0 heterocycles. The van der Waals surface area contributed by atoms with Gasteiger partial charge >= 0.3 is 7.60 Å². The van der Waals surface area contributed by atoms with E-state index in [9.17, 15) is 4.57 Å². The van der Waals surface area contributed by atoms with Gasteiger partial charge < -0.3 is 9.05 Å². The highest BCUT2D eigenvalue weighted by Gasteiger charge is 2.23. The van der Waals surface area contributed by atoms with Gasteiger partial charge in [0, 0.05) is 0 Å². The minimum atomic E-state index is -2.94. The van der Waals surface area contributed by atoms with Crippen LogP contribution in [0, 0.1) is 11.8 Å². The second kappa shape index (κ2) is 26.7. The lowest BCUT2D eigenvalue weighted by Crippen LogP contribution is -2.04. The molecule has 4 heteroatoms. The summed E-state index contributed by atoms with van der Waals surface area (Å²) in [5.74, 6) is 1.62. The number of unbranched alkanes of at least 4 members (excludes halogenated alkanes) is 17. The van der Waals surface area contributed by atoms with Gasteiger partial charge in [0.1, 0.15) is 0 Å². The Kier molecular flexibility index (Phi) is 26.9. The molecule has 0 aliphatic heterocycles. The van der Waals surface area contributed by atoms with Crippen molar-refractivity contribution in [2.45, 2.75) is 176 Å². The summed E-state index contributed by atoms with van der Waals surface area (Å²) in [6, 6.07) is 0. The Morgan fingerprint density at radius 3 is 1.19 bits per heavy atom. The topological polar surface area (TPSA) is 35.5 Å². The van der Waals surface area contributed by atoms with E-state index in [1.54, 1.807) is 0 Å². The van der Waals surface area contributed by atoms with Gasteiger partial charge in [-0.3, -0.25) is 4.57 Å². The molecule has 0 unspecified atom stereocenters. The van der Waals surface area contributed by atoms with E-state index < -0.39 is 7.60 Å². The van der Waals surface area contributed by atoms with Crippen LogP contribution < -0.4 is 0 Å². The van der Waals surface area contributed by atoms with E-state index in [2.05, 4.69) is 34.6 Å². The van der Waals surface area contributed by atoms with Crippen LogP contribution in [0.4, 0.5) is 0 Å². The van der Waals surface area contributed by atoms with Crippen LogP contribution in [0.1, 0.15) is 176 Å². The maximum Gasteiger partial charge on any atom is 0.330 e. The lowest BCUT2D eigenvalue weighted by Gasteiger charge is -2.19. The molecule has 0 aliphatic rings. The van der Waals surface area contributed by atoms with Crippen molar-refractivity contribution in [1.29, 1.82) is 0 Å². The quantitative estimate of drug-likeness (QED) is 0.0712. The zero-order chi connectivity index (χ0) is 26.7. The molecule has 0 atom stereocenters. The van der Waals surface area contributed by atoms with Gasteiger partial charge in [0.2, 0.25) is 0 Å². The van der Waals surface area contributed by atoms with Gasteiger partial charge in [-0.25, -0.2) is 0 Å². The first kappa shape index (κ1) is 36.1. The van der Waals surface area contributed by atoms with Gasteiger partial charge in [-0.05, 0) is 31.1 Å². The number of hydrogen-bond acceptors (Lipinski definition) is 3. The first-order valence-corrected chi connectivity index (χ1v) is 18.0. The predicted molar refractivity (Wildman–Crippen MR) is 161 cm³/mol. The van der Waals surface area contributed by atoms with Crippen LogP contribution in [-0.4, -0.2) is 19.4 Å². The molecule has 36 heavy (non-hydrogen) atoms. The predicted octanol–water partition coefficient (Wildman–Crippen LogP) is 12.1. The van der Waals surface area contributed by atoms with Crippen LogP contribution in [0.3, 0.4) is 0 Å². The third-order valence-electron chi connectivity index (χ3n) is 7.21. The molecule has 0 fully saturated rings. The largest absolute Gasteiger partial charge is 0.330 e. The fourth-order valence-electron chi connectivity index (χ4n) is 4.74. The van der Waals surface area contributed by atoms with E-state index in [0.29, 0.717) is 19.4 Å². The van der Waals surface area contributed by atoms with E-state index in [1.165, 1.54) is 116 Å². The van der Waals surface area contributed by atoms with Crippen molar-refractivity contribution < 1.29 is 13.6 Å².